The van der Waals surface area contributed by atoms with Crippen LogP contribution in [0.15, 0.2) is 22.7 Å². The van der Waals surface area contributed by atoms with E-state index in [0.717, 1.165) is 36.1 Å². The van der Waals surface area contributed by atoms with Gasteiger partial charge in [-0.05, 0) is 30.5 Å². The molecule has 0 amide bonds. The summed E-state index contributed by atoms with van der Waals surface area (Å²) in [5, 5.41) is 0. The maximum atomic E-state index is 13.0. The highest BCUT2D eigenvalue weighted by atomic mass is 79.9. The van der Waals surface area contributed by atoms with E-state index >= 15 is 0 Å². The number of ether oxygens (including phenoxy) is 1. The van der Waals surface area contributed by atoms with E-state index in [0.29, 0.717) is 5.92 Å². The lowest BCUT2D eigenvalue weighted by Gasteiger charge is -2.22. The van der Waals surface area contributed by atoms with Crippen LogP contribution in [0.1, 0.15) is 12.0 Å². The molecule has 2 rings (SSSR count). The van der Waals surface area contributed by atoms with E-state index in [1.54, 1.807) is 6.07 Å². The number of nitrogens with two attached hydrogens (primary N) is 1. The van der Waals surface area contributed by atoms with E-state index in [2.05, 4.69) is 21.4 Å². The maximum absolute atomic E-state index is 13.0. The van der Waals surface area contributed by atoms with E-state index < -0.39 is 0 Å². The van der Waals surface area contributed by atoms with Gasteiger partial charge in [-0.2, -0.15) is 0 Å². The average molecular weight is 303 g/mol. The van der Waals surface area contributed by atoms with Gasteiger partial charge in [-0.3, -0.25) is 11.3 Å². The highest BCUT2D eigenvalue weighted by Gasteiger charge is 2.25. The molecule has 0 spiro atoms. The minimum atomic E-state index is -0.234. The summed E-state index contributed by atoms with van der Waals surface area (Å²) in [6.07, 6.45) is 1.79. The molecule has 1 aliphatic rings. The van der Waals surface area contributed by atoms with Gasteiger partial charge in [0.1, 0.15) is 5.82 Å². The second-order valence-electron chi connectivity index (χ2n) is 4.34. The molecule has 1 heterocycles. The van der Waals surface area contributed by atoms with Gasteiger partial charge in [-0.15, -0.1) is 0 Å². The largest absolute Gasteiger partial charge is 0.381 e. The molecular formula is C12H16BrFN2O. The number of rotatable bonds is 4. The number of hydrogen-bond donors (Lipinski definition) is 2. The van der Waals surface area contributed by atoms with Crippen LogP contribution in [0.5, 0.6) is 0 Å². The Bertz CT molecular complexity index is 383. The first-order valence-corrected chi connectivity index (χ1v) is 6.48. The van der Waals surface area contributed by atoms with E-state index in [1.807, 2.05) is 0 Å². The highest BCUT2D eigenvalue weighted by Crippen LogP contribution is 2.24. The summed E-state index contributed by atoms with van der Waals surface area (Å²) in [5.74, 6) is 5.78. The fraction of sp³-hybridized carbons (Fsp3) is 0.500. The molecule has 0 aromatic heterocycles. The average Bonchev–Trinajstić information content (AvgIpc) is 2.81. The van der Waals surface area contributed by atoms with Crippen molar-refractivity contribution in [1.29, 1.82) is 0 Å². The van der Waals surface area contributed by atoms with Gasteiger partial charge in [0.2, 0.25) is 0 Å². The Labute approximate surface area is 109 Å². The molecule has 3 N–H and O–H groups in total. The van der Waals surface area contributed by atoms with Gasteiger partial charge in [-0.1, -0.05) is 22.0 Å². The number of halogens is 2. The number of nitrogens with one attached hydrogen (secondary N) is 1. The standard InChI is InChI=1S/C12H16BrFN2O/c13-11-6-10(14)2-1-8(11)5-12(16-15)9-3-4-17-7-9/h1-2,6,9,12,16H,3-5,7,15H2. The van der Waals surface area contributed by atoms with Gasteiger partial charge in [-0.25, -0.2) is 4.39 Å². The van der Waals surface area contributed by atoms with Crippen LogP contribution >= 0.6 is 15.9 Å². The molecule has 94 valence electrons. The molecule has 17 heavy (non-hydrogen) atoms. The van der Waals surface area contributed by atoms with Crippen molar-refractivity contribution in [2.45, 2.75) is 18.9 Å². The SMILES string of the molecule is NNC(Cc1ccc(F)cc1Br)C1CCOC1. The molecule has 0 bridgehead atoms. The molecule has 0 saturated carbocycles. The van der Waals surface area contributed by atoms with Crippen LogP contribution in [-0.4, -0.2) is 19.3 Å². The van der Waals surface area contributed by atoms with Crippen LogP contribution < -0.4 is 11.3 Å². The van der Waals surface area contributed by atoms with Gasteiger partial charge in [0.05, 0.1) is 6.61 Å². The first kappa shape index (κ1) is 13.0. The van der Waals surface area contributed by atoms with Gasteiger partial charge in [0.15, 0.2) is 0 Å². The quantitative estimate of drug-likeness (QED) is 0.661. The lowest BCUT2D eigenvalue weighted by molar-refractivity contribution is 0.176. The number of hydrogen-bond acceptors (Lipinski definition) is 3. The smallest absolute Gasteiger partial charge is 0.124 e. The summed E-state index contributed by atoms with van der Waals surface area (Å²) in [4.78, 5) is 0. The number of benzene rings is 1. The molecule has 1 fully saturated rings. The van der Waals surface area contributed by atoms with Crippen LogP contribution in [0.3, 0.4) is 0 Å². The van der Waals surface area contributed by atoms with Crippen molar-refractivity contribution in [3.05, 3.63) is 34.1 Å². The predicted octanol–water partition coefficient (Wildman–Crippen LogP) is 2.00. The molecule has 2 atom stereocenters. The molecule has 2 unspecified atom stereocenters. The number of hydrazine groups is 1. The molecule has 5 heteroatoms. The molecule has 1 saturated heterocycles. The fourth-order valence-electron chi connectivity index (χ4n) is 2.16. The normalized spacial score (nSPS) is 21.7. The summed E-state index contributed by atoms with van der Waals surface area (Å²) in [7, 11) is 0. The van der Waals surface area contributed by atoms with Crippen LogP contribution in [0, 0.1) is 11.7 Å². The molecule has 1 aromatic carbocycles. The predicted molar refractivity (Wildman–Crippen MR) is 67.8 cm³/mol. The molecular weight excluding hydrogens is 287 g/mol. The lowest BCUT2D eigenvalue weighted by Crippen LogP contribution is -2.42. The van der Waals surface area contributed by atoms with Crippen molar-refractivity contribution in [3.63, 3.8) is 0 Å². The topological polar surface area (TPSA) is 47.3 Å². The highest BCUT2D eigenvalue weighted by molar-refractivity contribution is 9.10. The molecule has 1 aliphatic heterocycles. The molecule has 0 aliphatic carbocycles. The second kappa shape index (κ2) is 5.91. The summed E-state index contributed by atoms with van der Waals surface area (Å²) in [5.41, 5.74) is 3.90. The zero-order valence-corrected chi connectivity index (χ0v) is 11.0. The Morgan fingerprint density at radius 3 is 3.00 bits per heavy atom. The Kier molecular flexibility index (Phi) is 4.50. The zero-order valence-electron chi connectivity index (χ0n) is 9.46. The van der Waals surface area contributed by atoms with Crippen LogP contribution in [0.2, 0.25) is 0 Å². The van der Waals surface area contributed by atoms with Gasteiger partial charge in [0, 0.05) is 23.0 Å². The van der Waals surface area contributed by atoms with Gasteiger partial charge >= 0.3 is 0 Å². The van der Waals surface area contributed by atoms with E-state index in [1.165, 1.54) is 12.1 Å². The summed E-state index contributed by atoms with van der Waals surface area (Å²) >= 11 is 3.37. The second-order valence-corrected chi connectivity index (χ2v) is 5.19. The van der Waals surface area contributed by atoms with E-state index in [4.69, 9.17) is 10.6 Å². The van der Waals surface area contributed by atoms with Crippen molar-refractivity contribution in [1.82, 2.24) is 5.43 Å². The first-order chi connectivity index (χ1) is 8.20. The van der Waals surface area contributed by atoms with E-state index in [9.17, 15) is 4.39 Å². The Hall–Kier alpha value is -0.490. The van der Waals surface area contributed by atoms with Crippen molar-refractivity contribution in [3.8, 4) is 0 Å². The third-order valence-electron chi connectivity index (χ3n) is 3.20. The third kappa shape index (κ3) is 3.25. The Morgan fingerprint density at radius 1 is 1.59 bits per heavy atom. The van der Waals surface area contributed by atoms with Gasteiger partial charge in [0.25, 0.3) is 0 Å². The van der Waals surface area contributed by atoms with Gasteiger partial charge < -0.3 is 4.74 Å². The van der Waals surface area contributed by atoms with Crippen molar-refractivity contribution >= 4 is 15.9 Å². The molecule has 0 radical (unpaired) electrons. The monoisotopic (exact) mass is 302 g/mol. The third-order valence-corrected chi connectivity index (χ3v) is 3.94. The lowest BCUT2D eigenvalue weighted by atomic mass is 9.93. The maximum Gasteiger partial charge on any atom is 0.124 e. The molecule has 1 aromatic rings. The minimum absolute atomic E-state index is 0.166. The first-order valence-electron chi connectivity index (χ1n) is 5.68. The Balaban J connectivity index is 2.06. The van der Waals surface area contributed by atoms with Crippen LogP contribution in [-0.2, 0) is 11.2 Å². The summed E-state index contributed by atoms with van der Waals surface area (Å²) in [6, 6.07) is 4.91. The van der Waals surface area contributed by atoms with Crippen molar-refractivity contribution < 1.29 is 9.13 Å². The summed E-state index contributed by atoms with van der Waals surface area (Å²) < 4.78 is 19.1. The fourth-order valence-corrected chi connectivity index (χ4v) is 2.67. The van der Waals surface area contributed by atoms with Crippen molar-refractivity contribution in [2.24, 2.45) is 11.8 Å². The minimum Gasteiger partial charge on any atom is -0.381 e. The van der Waals surface area contributed by atoms with Crippen LogP contribution in [0.4, 0.5) is 4.39 Å². The van der Waals surface area contributed by atoms with E-state index in [-0.39, 0.29) is 11.9 Å². The zero-order chi connectivity index (χ0) is 12.3. The molecule has 3 nitrogen and oxygen atoms in total. The van der Waals surface area contributed by atoms with Crippen molar-refractivity contribution in [2.75, 3.05) is 13.2 Å². The Morgan fingerprint density at radius 2 is 2.41 bits per heavy atom. The van der Waals surface area contributed by atoms with Crippen LogP contribution in [0.25, 0.3) is 0 Å². The summed E-state index contributed by atoms with van der Waals surface area (Å²) in [6.45, 7) is 1.54.